The minimum absolute atomic E-state index is 0.0187. The number of rotatable bonds is 4. The van der Waals surface area contributed by atoms with Crippen LogP contribution in [0.2, 0.25) is 0 Å². The van der Waals surface area contributed by atoms with Crippen LogP contribution in [0.1, 0.15) is 43.1 Å². The Balaban J connectivity index is 1.42. The molecule has 1 atom stereocenters. The number of hydrogen-bond acceptors (Lipinski definition) is 5. The van der Waals surface area contributed by atoms with E-state index >= 15 is 0 Å². The summed E-state index contributed by atoms with van der Waals surface area (Å²) in [4.78, 5) is 28.1. The Labute approximate surface area is 171 Å². The van der Waals surface area contributed by atoms with Crippen LogP contribution < -0.4 is 9.80 Å². The molecular formula is C22H28FN5O. The van der Waals surface area contributed by atoms with Crippen LogP contribution in [0.4, 0.5) is 15.9 Å². The molecule has 0 spiro atoms. The quantitative estimate of drug-likeness (QED) is 0.792. The summed E-state index contributed by atoms with van der Waals surface area (Å²) >= 11 is 0. The topological polar surface area (TPSA) is 52.6 Å². The molecule has 2 aliphatic heterocycles. The highest BCUT2D eigenvalue weighted by Gasteiger charge is 2.28. The number of likely N-dealkylation sites (tertiary alicyclic amines) is 1. The van der Waals surface area contributed by atoms with E-state index < -0.39 is 0 Å². The second-order valence-electron chi connectivity index (χ2n) is 7.77. The minimum atomic E-state index is -0.218. The third-order valence-corrected chi connectivity index (χ3v) is 6.03. The molecule has 0 aliphatic carbocycles. The van der Waals surface area contributed by atoms with E-state index in [4.69, 9.17) is 0 Å². The molecule has 1 aromatic carbocycles. The predicted molar refractivity (Wildman–Crippen MR) is 112 cm³/mol. The Morgan fingerprint density at radius 1 is 1.03 bits per heavy atom. The first-order valence-electron chi connectivity index (χ1n) is 10.5. The second-order valence-corrected chi connectivity index (χ2v) is 7.77. The monoisotopic (exact) mass is 397 g/mol. The van der Waals surface area contributed by atoms with Crippen LogP contribution in [-0.4, -0.2) is 59.5 Å². The molecule has 2 aliphatic rings. The molecule has 29 heavy (non-hydrogen) atoms. The highest BCUT2D eigenvalue weighted by atomic mass is 19.1. The zero-order valence-electron chi connectivity index (χ0n) is 16.9. The van der Waals surface area contributed by atoms with Gasteiger partial charge in [-0.1, -0.05) is 6.92 Å². The van der Waals surface area contributed by atoms with Crippen LogP contribution in [0.3, 0.4) is 0 Å². The Morgan fingerprint density at radius 3 is 2.48 bits per heavy atom. The van der Waals surface area contributed by atoms with Gasteiger partial charge in [-0.2, -0.15) is 0 Å². The van der Waals surface area contributed by atoms with Crippen molar-refractivity contribution in [2.75, 3.05) is 42.5 Å². The van der Waals surface area contributed by atoms with Crippen LogP contribution in [0.5, 0.6) is 0 Å². The van der Waals surface area contributed by atoms with Crippen molar-refractivity contribution < 1.29 is 9.18 Å². The first kappa shape index (κ1) is 19.6. The minimum Gasteiger partial charge on any atom is -0.368 e. The molecule has 2 fully saturated rings. The largest absolute Gasteiger partial charge is 0.368 e. The summed E-state index contributed by atoms with van der Waals surface area (Å²) in [5, 5.41) is 0. The molecule has 0 radical (unpaired) electrons. The fraction of sp³-hybridized carbons (Fsp3) is 0.500. The molecule has 1 aromatic heterocycles. The Bertz CT molecular complexity index is 835. The van der Waals surface area contributed by atoms with Crippen molar-refractivity contribution >= 4 is 17.4 Å². The lowest BCUT2D eigenvalue weighted by Gasteiger charge is -2.37. The van der Waals surface area contributed by atoms with E-state index in [0.717, 1.165) is 63.5 Å². The molecule has 0 saturated carbocycles. The van der Waals surface area contributed by atoms with Crippen LogP contribution in [-0.2, 0) is 0 Å². The number of piperidine rings is 1. The van der Waals surface area contributed by atoms with Gasteiger partial charge >= 0.3 is 0 Å². The van der Waals surface area contributed by atoms with Crippen molar-refractivity contribution in [1.82, 2.24) is 14.9 Å². The predicted octanol–water partition coefficient (Wildman–Crippen LogP) is 3.35. The van der Waals surface area contributed by atoms with Crippen LogP contribution in [0, 0.1) is 5.82 Å². The molecule has 3 heterocycles. The summed E-state index contributed by atoms with van der Waals surface area (Å²) in [6, 6.07) is 8.76. The number of amides is 1. The van der Waals surface area contributed by atoms with Crippen molar-refractivity contribution in [1.29, 1.82) is 0 Å². The number of carbonyl (C=O) groups excluding carboxylic acids is 1. The van der Waals surface area contributed by atoms with Crippen molar-refractivity contribution in [2.45, 2.75) is 38.6 Å². The standard InChI is InChI=1S/C22H28FN5O/c1-2-18-5-3-4-10-28(18)22(29)20-15-21(25-16-24-20)27-13-11-26(12-14-27)19-8-6-17(23)7-9-19/h6-9,15-16,18H,2-5,10-14H2,1H3. The summed E-state index contributed by atoms with van der Waals surface area (Å²) in [6.07, 6.45) is 5.81. The Morgan fingerprint density at radius 2 is 1.76 bits per heavy atom. The molecular weight excluding hydrogens is 369 g/mol. The molecule has 154 valence electrons. The number of hydrogen-bond donors (Lipinski definition) is 0. The van der Waals surface area contributed by atoms with Gasteiger partial charge in [-0.3, -0.25) is 4.79 Å². The van der Waals surface area contributed by atoms with Gasteiger partial charge < -0.3 is 14.7 Å². The highest BCUT2D eigenvalue weighted by molar-refractivity contribution is 5.93. The summed E-state index contributed by atoms with van der Waals surface area (Å²) in [5.41, 5.74) is 1.51. The molecule has 6 nitrogen and oxygen atoms in total. The summed E-state index contributed by atoms with van der Waals surface area (Å²) < 4.78 is 13.1. The molecule has 7 heteroatoms. The third kappa shape index (κ3) is 4.33. The smallest absolute Gasteiger partial charge is 0.272 e. The van der Waals surface area contributed by atoms with Crippen LogP contribution >= 0.6 is 0 Å². The SMILES string of the molecule is CCC1CCCCN1C(=O)c1cc(N2CCN(c3ccc(F)cc3)CC2)ncn1. The molecule has 2 saturated heterocycles. The summed E-state index contributed by atoms with van der Waals surface area (Å²) in [5.74, 6) is 0.599. The Hall–Kier alpha value is -2.70. The average Bonchev–Trinajstić information content (AvgIpc) is 2.79. The van der Waals surface area contributed by atoms with Gasteiger partial charge in [-0.05, 0) is 49.9 Å². The number of anilines is 2. The van der Waals surface area contributed by atoms with Gasteiger partial charge in [0.15, 0.2) is 0 Å². The van der Waals surface area contributed by atoms with E-state index in [1.54, 1.807) is 0 Å². The maximum Gasteiger partial charge on any atom is 0.272 e. The zero-order valence-corrected chi connectivity index (χ0v) is 16.9. The maximum atomic E-state index is 13.1. The number of aromatic nitrogens is 2. The fourth-order valence-corrected chi connectivity index (χ4v) is 4.32. The van der Waals surface area contributed by atoms with Gasteiger partial charge in [0.05, 0.1) is 0 Å². The zero-order chi connectivity index (χ0) is 20.2. The maximum absolute atomic E-state index is 13.1. The lowest BCUT2D eigenvalue weighted by Crippen LogP contribution is -2.47. The third-order valence-electron chi connectivity index (χ3n) is 6.03. The van der Waals surface area contributed by atoms with Gasteiger partial charge in [0.25, 0.3) is 5.91 Å². The number of carbonyl (C=O) groups is 1. The van der Waals surface area contributed by atoms with E-state index in [0.29, 0.717) is 11.7 Å². The number of benzene rings is 1. The van der Waals surface area contributed by atoms with Gasteiger partial charge in [-0.15, -0.1) is 0 Å². The lowest BCUT2D eigenvalue weighted by molar-refractivity contribution is 0.0601. The van der Waals surface area contributed by atoms with Gasteiger partial charge in [0.1, 0.15) is 23.7 Å². The lowest BCUT2D eigenvalue weighted by atomic mass is 9.99. The van der Waals surface area contributed by atoms with E-state index in [1.165, 1.54) is 24.9 Å². The molecule has 0 N–H and O–H groups in total. The average molecular weight is 397 g/mol. The van der Waals surface area contributed by atoms with Gasteiger partial charge in [0, 0.05) is 50.5 Å². The van der Waals surface area contributed by atoms with Gasteiger partial charge in [0.2, 0.25) is 0 Å². The van der Waals surface area contributed by atoms with Crippen LogP contribution in [0.25, 0.3) is 0 Å². The molecule has 4 rings (SSSR count). The van der Waals surface area contributed by atoms with Gasteiger partial charge in [-0.25, -0.2) is 14.4 Å². The molecule has 1 amide bonds. The second kappa shape index (κ2) is 8.76. The molecule has 2 aromatic rings. The van der Waals surface area contributed by atoms with Crippen LogP contribution in [0.15, 0.2) is 36.7 Å². The van der Waals surface area contributed by atoms with E-state index in [2.05, 4.69) is 26.7 Å². The van der Waals surface area contributed by atoms with Crippen molar-refractivity contribution in [2.24, 2.45) is 0 Å². The molecule has 0 bridgehead atoms. The van der Waals surface area contributed by atoms with E-state index in [9.17, 15) is 9.18 Å². The number of halogens is 1. The summed E-state index contributed by atoms with van der Waals surface area (Å²) in [6.45, 7) is 6.19. The fourth-order valence-electron chi connectivity index (χ4n) is 4.32. The Kier molecular flexibility index (Phi) is 5.92. The first-order valence-corrected chi connectivity index (χ1v) is 10.5. The van der Waals surface area contributed by atoms with Crippen molar-refractivity contribution in [3.8, 4) is 0 Å². The van der Waals surface area contributed by atoms with Crippen molar-refractivity contribution in [3.05, 3.63) is 48.2 Å². The first-order chi connectivity index (χ1) is 14.2. The number of nitrogens with zero attached hydrogens (tertiary/aromatic N) is 5. The highest BCUT2D eigenvalue weighted by Crippen LogP contribution is 2.23. The number of piperazine rings is 1. The van der Waals surface area contributed by atoms with E-state index in [1.807, 2.05) is 23.1 Å². The molecule has 1 unspecified atom stereocenters. The van der Waals surface area contributed by atoms with Crippen molar-refractivity contribution in [3.63, 3.8) is 0 Å². The normalized spacial score (nSPS) is 20.1. The van der Waals surface area contributed by atoms with E-state index in [-0.39, 0.29) is 11.7 Å². The summed E-state index contributed by atoms with van der Waals surface area (Å²) in [7, 11) is 0.